The van der Waals surface area contributed by atoms with Crippen LogP contribution in [0.15, 0.2) is 41.6 Å². The predicted octanol–water partition coefficient (Wildman–Crippen LogP) is 3.66. The van der Waals surface area contributed by atoms with Crippen LogP contribution >= 0.6 is 0 Å². The summed E-state index contributed by atoms with van der Waals surface area (Å²) in [4.78, 5) is 0. The van der Waals surface area contributed by atoms with E-state index in [1.54, 1.807) is 0 Å². The monoisotopic (exact) mass is 168 g/mol. The van der Waals surface area contributed by atoms with Gasteiger partial charge in [-0.3, -0.25) is 0 Å². The molecule has 0 atom stereocenters. The fraction of sp³-hybridized carbons (Fsp3) is 0.154. The van der Waals surface area contributed by atoms with Crippen molar-refractivity contribution in [1.82, 2.24) is 0 Å². The summed E-state index contributed by atoms with van der Waals surface area (Å²) in [6.45, 7) is 4.18. The van der Waals surface area contributed by atoms with E-state index in [0.29, 0.717) is 0 Å². The lowest BCUT2D eigenvalue weighted by Crippen LogP contribution is -1.82. The molecule has 0 heterocycles. The summed E-state index contributed by atoms with van der Waals surface area (Å²) in [5.41, 5.74) is 8.32. The molecule has 0 aliphatic heterocycles. The number of benzene rings is 1. The van der Waals surface area contributed by atoms with Crippen LogP contribution in [0, 0.1) is 0 Å². The fourth-order valence-electron chi connectivity index (χ4n) is 1.60. The van der Waals surface area contributed by atoms with Crippen molar-refractivity contribution < 1.29 is 0 Å². The Morgan fingerprint density at radius 2 is 1.77 bits per heavy atom. The second-order valence-electron chi connectivity index (χ2n) is 3.35. The van der Waals surface area contributed by atoms with E-state index in [2.05, 4.69) is 56.0 Å². The van der Waals surface area contributed by atoms with Gasteiger partial charge in [-0.2, -0.15) is 0 Å². The van der Waals surface area contributed by atoms with Gasteiger partial charge in [0.05, 0.1) is 0 Å². The van der Waals surface area contributed by atoms with Crippen LogP contribution in [0.25, 0.3) is 11.6 Å². The third-order valence-corrected chi connectivity index (χ3v) is 2.26. The van der Waals surface area contributed by atoms with Crippen molar-refractivity contribution in [2.45, 2.75) is 13.8 Å². The van der Waals surface area contributed by atoms with E-state index in [1.807, 2.05) is 0 Å². The minimum Gasteiger partial charge on any atom is -0.114 e. The lowest BCUT2D eigenvalue weighted by Gasteiger charge is -2.01. The van der Waals surface area contributed by atoms with Crippen molar-refractivity contribution >= 4 is 11.6 Å². The van der Waals surface area contributed by atoms with Gasteiger partial charge in [0.1, 0.15) is 0 Å². The highest BCUT2D eigenvalue weighted by Gasteiger charge is 2.02. The molecule has 0 bridgehead atoms. The molecule has 1 aliphatic rings. The quantitative estimate of drug-likeness (QED) is 0.518. The zero-order valence-corrected chi connectivity index (χ0v) is 7.96. The molecular formula is C13H12. The molecule has 0 nitrogen and oxygen atoms in total. The van der Waals surface area contributed by atoms with Gasteiger partial charge in [0.2, 0.25) is 0 Å². The second-order valence-corrected chi connectivity index (χ2v) is 3.35. The zero-order valence-electron chi connectivity index (χ0n) is 7.96. The summed E-state index contributed by atoms with van der Waals surface area (Å²) in [7, 11) is 0. The maximum absolute atomic E-state index is 3.34. The topological polar surface area (TPSA) is 0 Å². The van der Waals surface area contributed by atoms with Gasteiger partial charge in [0.15, 0.2) is 0 Å². The molecule has 0 spiro atoms. The number of rotatable bonds is 0. The Balaban J connectivity index is 2.72. The van der Waals surface area contributed by atoms with E-state index in [4.69, 9.17) is 0 Å². The molecule has 0 amide bonds. The molecule has 0 aromatic heterocycles. The lowest BCUT2D eigenvalue weighted by molar-refractivity contribution is 1.54. The summed E-state index contributed by atoms with van der Waals surface area (Å²) in [5.74, 6) is 0. The average molecular weight is 168 g/mol. The van der Waals surface area contributed by atoms with E-state index in [9.17, 15) is 0 Å². The van der Waals surface area contributed by atoms with Gasteiger partial charge in [-0.05, 0) is 36.1 Å². The van der Waals surface area contributed by atoms with Gasteiger partial charge in [-0.25, -0.2) is 0 Å². The Labute approximate surface area is 78.9 Å². The highest BCUT2D eigenvalue weighted by atomic mass is 14.1. The Bertz CT molecular complexity index is 427. The SMILES string of the molecule is CC1=C=C(C)c2ccccc2C=C1. The van der Waals surface area contributed by atoms with Crippen LogP contribution in [-0.4, -0.2) is 0 Å². The first-order valence-corrected chi connectivity index (χ1v) is 4.49. The van der Waals surface area contributed by atoms with Gasteiger partial charge < -0.3 is 0 Å². The smallest absolute Gasteiger partial charge is 0.00102 e. The lowest BCUT2D eigenvalue weighted by atomic mass is 10.0. The maximum Gasteiger partial charge on any atom is -0.00102 e. The largest absolute Gasteiger partial charge is 0.114 e. The van der Waals surface area contributed by atoms with Crippen LogP contribution < -0.4 is 0 Å². The van der Waals surface area contributed by atoms with Crippen molar-refractivity contribution in [3.8, 4) is 0 Å². The molecule has 2 rings (SSSR count). The number of allylic oxidation sites excluding steroid dienone is 2. The maximum atomic E-state index is 3.34. The van der Waals surface area contributed by atoms with Crippen LogP contribution in [-0.2, 0) is 0 Å². The molecule has 0 unspecified atom stereocenters. The first-order chi connectivity index (χ1) is 6.27. The van der Waals surface area contributed by atoms with Gasteiger partial charge >= 0.3 is 0 Å². The Hall–Kier alpha value is -1.52. The van der Waals surface area contributed by atoms with E-state index in [0.717, 1.165) is 0 Å². The van der Waals surface area contributed by atoms with Gasteiger partial charge in [-0.15, -0.1) is 5.73 Å². The fourth-order valence-corrected chi connectivity index (χ4v) is 1.60. The molecule has 1 aromatic rings. The van der Waals surface area contributed by atoms with Gasteiger partial charge in [0, 0.05) is 0 Å². The van der Waals surface area contributed by atoms with E-state index in [-0.39, 0.29) is 0 Å². The molecule has 0 saturated carbocycles. The summed E-state index contributed by atoms with van der Waals surface area (Å²) >= 11 is 0. The van der Waals surface area contributed by atoms with Crippen LogP contribution in [0.4, 0.5) is 0 Å². The second kappa shape index (κ2) is 3.08. The van der Waals surface area contributed by atoms with Crippen molar-refractivity contribution in [3.63, 3.8) is 0 Å². The van der Waals surface area contributed by atoms with E-state index in [1.165, 1.54) is 22.3 Å². The molecule has 0 N–H and O–H groups in total. The number of hydrogen-bond donors (Lipinski definition) is 0. The number of fused-ring (bicyclic) bond motifs is 1. The summed E-state index contributed by atoms with van der Waals surface area (Å²) < 4.78 is 0. The third kappa shape index (κ3) is 1.49. The van der Waals surface area contributed by atoms with Crippen molar-refractivity contribution in [2.24, 2.45) is 0 Å². The van der Waals surface area contributed by atoms with Crippen molar-refractivity contribution in [3.05, 3.63) is 52.8 Å². The summed E-state index contributed by atoms with van der Waals surface area (Å²) in [5, 5.41) is 0. The van der Waals surface area contributed by atoms with Gasteiger partial charge in [0.25, 0.3) is 0 Å². The third-order valence-electron chi connectivity index (χ3n) is 2.26. The molecule has 1 aromatic carbocycles. The first-order valence-electron chi connectivity index (χ1n) is 4.49. The molecule has 0 heteroatoms. The van der Waals surface area contributed by atoms with E-state index >= 15 is 0 Å². The molecule has 0 fully saturated rings. The molecule has 0 radical (unpaired) electrons. The highest BCUT2D eigenvalue weighted by molar-refractivity contribution is 5.75. The number of hydrogen-bond acceptors (Lipinski definition) is 0. The average Bonchev–Trinajstić information content (AvgIpc) is 2.27. The summed E-state index contributed by atoms with van der Waals surface area (Å²) in [6, 6.07) is 8.41. The van der Waals surface area contributed by atoms with Gasteiger partial charge in [-0.1, -0.05) is 36.4 Å². The first kappa shape index (κ1) is 8.10. The molecular weight excluding hydrogens is 156 g/mol. The van der Waals surface area contributed by atoms with Crippen molar-refractivity contribution in [2.75, 3.05) is 0 Å². The highest BCUT2D eigenvalue weighted by Crippen LogP contribution is 2.22. The Morgan fingerprint density at radius 1 is 1.00 bits per heavy atom. The molecule has 64 valence electrons. The zero-order chi connectivity index (χ0) is 9.26. The van der Waals surface area contributed by atoms with Crippen LogP contribution in [0.2, 0.25) is 0 Å². The Morgan fingerprint density at radius 3 is 2.62 bits per heavy atom. The standard InChI is InChI=1S/C13H12/c1-10-7-8-12-5-3-4-6-13(12)11(2)9-10/h3-8H,1-2H3. The normalized spacial score (nSPS) is 14.3. The van der Waals surface area contributed by atoms with Crippen LogP contribution in [0.3, 0.4) is 0 Å². The van der Waals surface area contributed by atoms with Crippen molar-refractivity contribution in [1.29, 1.82) is 0 Å². The van der Waals surface area contributed by atoms with E-state index < -0.39 is 0 Å². The Kier molecular flexibility index (Phi) is 1.92. The molecule has 1 aliphatic carbocycles. The van der Waals surface area contributed by atoms with Crippen LogP contribution in [0.1, 0.15) is 25.0 Å². The minimum atomic E-state index is 1.19. The molecule has 13 heavy (non-hydrogen) atoms. The molecule has 0 saturated heterocycles. The predicted molar refractivity (Wildman–Crippen MR) is 57.3 cm³/mol. The minimum absolute atomic E-state index is 1.19. The summed E-state index contributed by atoms with van der Waals surface area (Å²) in [6.07, 6.45) is 4.25. The van der Waals surface area contributed by atoms with Crippen LogP contribution in [0.5, 0.6) is 0 Å².